The molecule has 0 spiro atoms. The van der Waals surface area contributed by atoms with Crippen LogP contribution in [0.2, 0.25) is 0 Å². The van der Waals surface area contributed by atoms with Crippen LogP contribution in [-0.2, 0) is 4.74 Å². The van der Waals surface area contributed by atoms with Gasteiger partial charge in [0.05, 0.1) is 26.7 Å². The lowest BCUT2D eigenvalue weighted by Gasteiger charge is -2.37. The zero-order valence-corrected chi connectivity index (χ0v) is 9.26. The summed E-state index contributed by atoms with van der Waals surface area (Å²) in [5.41, 5.74) is 0. The predicted molar refractivity (Wildman–Crippen MR) is 53.2 cm³/mol. The largest absolute Gasteiger partial charge is 0.379 e. The van der Waals surface area contributed by atoms with Crippen molar-refractivity contribution in [3.63, 3.8) is 0 Å². The second-order valence-corrected chi connectivity index (χ2v) is 3.97. The van der Waals surface area contributed by atoms with Crippen molar-refractivity contribution in [1.29, 1.82) is 0 Å². The highest BCUT2D eigenvalue weighted by molar-refractivity contribution is 4.52. The summed E-state index contributed by atoms with van der Waals surface area (Å²) in [5, 5.41) is 0. The third-order valence-corrected chi connectivity index (χ3v) is 2.80. The fraction of sp³-hybridized carbons (Fsp3) is 1.00. The van der Waals surface area contributed by atoms with E-state index >= 15 is 0 Å². The van der Waals surface area contributed by atoms with Gasteiger partial charge in [0.1, 0.15) is 6.54 Å². The predicted octanol–water partition coefficient (Wildman–Crippen LogP) is 1.90. The summed E-state index contributed by atoms with van der Waals surface area (Å²) < 4.78 is 6.19. The number of rotatable bonds is 6. The molecule has 0 aliphatic rings. The Morgan fingerprint density at radius 1 is 1.17 bits per heavy atom. The van der Waals surface area contributed by atoms with Crippen molar-refractivity contribution in [2.24, 2.45) is 0 Å². The van der Waals surface area contributed by atoms with Crippen molar-refractivity contribution in [1.82, 2.24) is 0 Å². The minimum Gasteiger partial charge on any atom is -0.379 e. The Balaban J connectivity index is 3.96. The van der Waals surface area contributed by atoms with Crippen LogP contribution in [0.25, 0.3) is 0 Å². The summed E-state index contributed by atoms with van der Waals surface area (Å²) in [6.07, 6.45) is 2.51. The van der Waals surface area contributed by atoms with E-state index in [0.717, 1.165) is 23.7 Å². The summed E-state index contributed by atoms with van der Waals surface area (Å²) in [5.74, 6) is 0. The van der Waals surface area contributed by atoms with Gasteiger partial charge >= 0.3 is 0 Å². The molecule has 2 nitrogen and oxygen atoms in total. The molecule has 0 heterocycles. The number of nitrogens with zero attached hydrogens (tertiary/aromatic N) is 1. The van der Waals surface area contributed by atoms with Crippen LogP contribution in [0.4, 0.5) is 0 Å². The molecule has 0 aliphatic carbocycles. The number of ether oxygens (including phenoxy) is 1. The van der Waals surface area contributed by atoms with Gasteiger partial charge in [-0.1, -0.05) is 13.8 Å². The van der Waals surface area contributed by atoms with Crippen LogP contribution in [0.5, 0.6) is 0 Å². The van der Waals surface area contributed by atoms with Gasteiger partial charge in [0.15, 0.2) is 0 Å². The Morgan fingerprint density at radius 3 is 2.00 bits per heavy atom. The first-order valence-electron chi connectivity index (χ1n) is 4.90. The normalized spacial score (nSPS) is 12.5. The summed E-state index contributed by atoms with van der Waals surface area (Å²) in [7, 11) is 6.35. The fourth-order valence-corrected chi connectivity index (χ4v) is 1.79. The average molecular weight is 174 g/mol. The molecule has 0 rings (SSSR count). The zero-order chi connectivity index (χ0) is 9.61. The van der Waals surface area contributed by atoms with Crippen molar-refractivity contribution in [3.8, 4) is 0 Å². The van der Waals surface area contributed by atoms with Gasteiger partial charge in [0.2, 0.25) is 0 Å². The molecule has 0 bridgehead atoms. The van der Waals surface area contributed by atoms with Gasteiger partial charge in [-0.2, -0.15) is 0 Å². The molecule has 0 aliphatic heterocycles. The van der Waals surface area contributed by atoms with Crippen molar-refractivity contribution >= 4 is 0 Å². The average Bonchev–Trinajstić information content (AvgIpc) is 2.03. The molecule has 74 valence electrons. The standard InChI is InChI=1S/C10H24NO/c1-6-10(7-2)11(3,4)8-9-12-5/h10H,6-9H2,1-5H3/q+1. The molecule has 0 saturated carbocycles. The van der Waals surface area contributed by atoms with Crippen molar-refractivity contribution in [3.05, 3.63) is 0 Å². The number of methoxy groups -OCH3 is 1. The Hall–Kier alpha value is -0.0800. The Labute approximate surface area is 77.1 Å². The number of quaternary nitrogens is 1. The first-order valence-corrected chi connectivity index (χ1v) is 4.90. The molecule has 0 aromatic rings. The number of hydrogen-bond acceptors (Lipinski definition) is 1. The van der Waals surface area contributed by atoms with E-state index in [9.17, 15) is 0 Å². The molecule has 0 radical (unpaired) electrons. The molecule has 0 atom stereocenters. The molecule has 0 N–H and O–H groups in total. The van der Waals surface area contributed by atoms with Gasteiger partial charge in [0, 0.05) is 7.11 Å². The van der Waals surface area contributed by atoms with E-state index < -0.39 is 0 Å². The minimum absolute atomic E-state index is 0.778. The maximum Gasteiger partial charge on any atom is 0.102 e. The van der Waals surface area contributed by atoms with Crippen LogP contribution in [0, 0.1) is 0 Å². The topological polar surface area (TPSA) is 9.23 Å². The first-order chi connectivity index (χ1) is 5.58. The minimum atomic E-state index is 0.778. The zero-order valence-electron chi connectivity index (χ0n) is 9.26. The SMILES string of the molecule is CCC(CC)[N+](C)(C)CCOC. The van der Waals surface area contributed by atoms with E-state index in [1.165, 1.54) is 12.8 Å². The molecule has 0 saturated heterocycles. The van der Waals surface area contributed by atoms with E-state index in [4.69, 9.17) is 4.74 Å². The quantitative estimate of drug-likeness (QED) is 0.559. The molecule has 0 aromatic carbocycles. The lowest BCUT2D eigenvalue weighted by molar-refractivity contribution is -0.915. The van der Waals surface area contributed by atoms with Crippen LogP contribution in [-0.4, -0.2) is 44.9 Å². The van der Waals surface area contributed by atoms with Gasteiger partial charge in [-0.15, -0.1) is 0 Å². The Morgan fingerprint density at radius 2 is 1.67 bits per heavy atom. The van der Waals surface area contributed by atoms with Crippen LogP contribution in [0.15, 0.2) is 0 Å². The lowest BCUT2D eigenvalue weighted by atomic mass is 10.1. The molecular formula is C10H24NO+. The number of hydrogen-bond donors (Lipinski definition) is 0. The molecule has 0 unspecified atom stereocenters. The van der Waals surface area contributed by atoms with Crippen molar-refractivity contribution in [2.75, 3.05) is 34.4 Å². The smallest absolute Gasteiger partial charge is 0.102 e. The maximum atomic E-state index is 5.10. The third kappa shape index (κ3) is 3.55. The van der Waals surface area contributed by atoms with Crippen LogP contribution >= 0.6 is 0 Å². The van der Waals surface area contributed by atoms with Crippen molar-refractivity contribution < 1.29 is 9.22 Å². The van der Waals surface area contributed by atoms with Gasteiger partial charge in [0.25, 0.3) is 0 Å². The molecule has 0 fully saturated rings. The highest BCUT2D eigenvalue weighted by Gasteiger charge is 2.23. The van der Waals surface area contributed by atoms with Gasteiger partial charge in [-0.05, 0) is 12.8 Å². The first kappa shape index (κ1) is 11.9. The Bertz CT molecular complexity index is 108. The van der Waals surface area contributed by atoms with Crippen LogP contribution in [0.3, 0.4) is 0 Å². The highest BCUT2D eigenvalue weighted by atomic mass is 16.5. The molecule has 0 aromatic heterocycles. The van der Waals surface area contributed by atoms with Crippen molar-refractivity contribution in [2.45, 2.75) is 32.7 Å². The fourth-order valence-electron chi connectivity index (χ4n) is 1.79. The van der Waals surface area contributed by atoms with E-state index in [1.807, 2.05) is 0 Å². The Kier molecular flexibility index (Phi) is 5.51. The van der Waals surface area contributed by atoms with Crippen LogP contribution in [0.1, 0.15) is 26.7 Å². The summed E-state index contributed by atoms with van der Waals surface area (Å²) in [6.45, 7) is 6.51. The second-order valence-electron chi connectivity index (χ2n) is 3.97. The second kappa shape index (κ2) is 5.55. The highest BCUT2D eigenvalue weighted by Crippen LogP contribution is 2.13. The summed E-state index contributed by atoms with van der Waals surface area (Å²) in [4.78, 5) is 0. The molecule has 12 heavy (non-hydrogen) atoms. The van der Waals surface area contributed by atoms with E-state index in [0.29, 0.717) is 0 Å². The summed E-state index contributed by atoms with van der Waals surface area (Å²) in [6, 6.07) is 0.778. The third-order valence-electron chi connectivity index (χ3n) is 2.80. The maximum absolute atomic E-state index is 5.10. The van der Waals surface area contributed by atoms with Gasteiger partial charge in [-0.25, -0.2) is 0 Å². The van der Waals surface area contributed by atoms with E-state index in [1.54, 1.807) is 7.11 Å². The van der Waals surface area contributed by atoms with E-state index in [-0.39, 0.29) is 0 Å². The number of likely N-dealkylation sites (N-methyl/N-ethyl adjacent to an activating group) is 1. The molecular weight excluding hydrogens is 150 g/mol. The van der Waals surface area contributed by atoms with Gasteiger partial charge in [-0.3, -0.25) is 0 Å². The van der Waals surface area contributed by atoms with Gasteiger partial charge < -0.3 is 9.22 Å². The molecule has 2 heteroatoms. The monoisotopic (exact) mass is 174 g/mol. The van der Waals surface area contributed by atoms with E-state index in [2.05, 4.69) is 27.9 Å². The summed E-state index contributed by atoms with van der Waals surface area (Å²) >= 11 is 0. The molecule has 0 amide bonds. The lowest BCUT2D eigenvalue weighted by Crippen LogP contribution is -2.50. The van der Waals surface area contributed by atoms with Crippen LogP contribution < -0.4 is 0 Å².